The summed E-state index contributed by atoms with van der Waals surface area (Å²) in [5.74, 6) is -0.530. The maximum absolute atomic E-state index is 14.9. The van der Waals surface area contributed by atoms with Crippen LogP contribution in [-0.2, 0) is 16.2 Å². The minimum Gasteiger partial charge on any atom is -0.444 e. The Morgan fingerprint density at radius 3 is 2.70 bits per heavy atom. The van der Waals surface area contributed by atoms with Gasteiger partial charge in [0.2, 0.25) is 5.95 Å². The van der Waals surface area contributed by atoms with Crippen molar-refractivity contribution in [3.8, 4) is 11.1 Å². The molecule has 33 heavy (non-hydrogen) atoms. The maximum atomic E-state index is 14.9. The molecule has 1 aliphatic rings. The van der Waals surface area contributed by atoms with Crippen LogP contribution in [0.4, 0.5) is 15.1 Å². The average Bonchev–Trinajstić information content (AvgIpc) is 2.81. The molecule has 1 aromatic carbocycles. The Hall–Kier alpha value is -3.80. The van der Waals surface area contributed by atoms with Gasteiger partial charge < -0.3 is 25.5 Å². The third-order valence-corrected chi connectivity index (χ3v) is 4.88. The van der Waals surface area contributed by atoms with Gasteiger partial charge in [-0.2, -0.15) is 0 Å². The van der Waals surface area contributed by atoms with E-state index in [-0.39, 0.29) is 12.2 Å². The van der Waals surface area contributed by atoms with E-state index in [2.05, 4.69) is 20.4 Å². The molecule has 1 amide bonds. The molecule has 0 aliphatic carbocycles. The van der Waals surface area contributed by atoms with Crippen molar-refractivity contribution in [1.29, 1.82) is 5.41 Å². The summed E-state index contributed by atoms with van der Waals surface area (Å²) in [6.45, 7) is 2.40. The van der Waals surface area contributed by atoms with Gasteiger partial charge in [0.15, 0.2) is 5.96 Å². The molecule has 0 saturated carbocycles. The van der Waals surface area contributed by atoms with Crippen LogP contribution in [0.25, 0.3) is 11.1 Å². The molecule has 12 heteroatoms. The number of rotatable bonds is 8. The summed E-state index contributed by atoms with van der Waals surface area (Å²) < 4.78 is 19.8. The van der Waals surface area contributed by atoms with Crippen molar-refractivity contribution in [3.63, 3.8) is 0 Å². The molecular formula is C21H27FN8O3. The van der Waals surface area contributed by atoms with Gasteiger partial charge in [0, 0.05) is 61.6 Å². The lowest BCUT2D eigenvalue weighted by Gasteiger charge is -2.27. The Morgan fingerprint density at radius 2 is 2.03 bits per heavy atom. The maximum Gasteiger partial charge on any atom is 0.414 e. The molecule has 0 atom stereocenters. The molecule has 0 unspecified atom stereocenters. The topological polar surface area (TPSA) is 151 Å². The lowest BCUT2D eigenvalue weighted by atomic mass is 10.1. The van der Waals surface area contributed by atoms with E-state index in [1.165, 1.54) is 6.07 Å². The van der Waals surface area contributed by atoms with Gasteiger partial charge in [-0.1, -0.05) is 23.4 Å². The van der Waals surface area contributed by atoms with Crippen LogP contribution in [0, 0.1) is 11.2 Å². The van der Waals surface area contributed by atoms with Crippen molar-refractivity contribution >= 4 is 23.7 Å². The van der Waals surface area contributed by atoms with Crippen molar-refractivity contribution in [2.75, 3.05) is 38.2 Å². The van der Waals surface area contributed by atoms with Crippen LogP contribution in [0.2, 0.25) is 0 Å². The Kier molecular flexibility index (Phi) is 8.47. The Balaban J connectivity index is 1.60. The number of amides is 1. The number of anilines is 1. The fraction of sp³-hybridized carbons (Fsp3) is 0.381. The van der Waals surface area contributed by atoms with Crippen LogP contribution in [0.5, 0.6) is 0 Å². The third kappa shape index (κ3) is 6.84. The zero-order chi connectivity index (χ0) is 23.6. The highest BCUT2D eigenvalue weighted by Gasteiger charge is 2.19. The number of alkyl carbamates (subject to hydrolysis) is 1. The number of carbonyl (C=O) groups is 1. The molecule has 0 bridgehead atoms. The smallest absolute Gasteiger partial charge is 0.414 e. The number of hydrogen-bond acceptors (Lipinski definition) is 9. The number of benzene rings is 1. The molecule has 1 aromatic heterocycles. The fourth-order valence-corrected chi connectivity index (χ4v) is 3.17. The first-order valence-corrected chi connectivity index (χ1v) is 10.4. The summed E-state index contributed by atoms with van der Waals surface area (Å²) in [4.78, 5) is 27.6. The van der Waals surface area contributed by atoms with E-state index >= 15 is 0 Å². The van der Waals surface area contributed by atoms with Gasteiger partial charge in [0.05, 0.1) is 5.71 Å². The van der Waals surface area contributed by atoms with Crippen LogP contribution >= 0.6 is 0 Å². The molecule has 5 N–H and O–H groups in total. The molecule has 2 heterocycles. The lowest BCUT2D eigenvalue weighted by Crippen LogP contribution is -2.36. The molecule has 0 spiro atoms. The van der Waals surface area contributed by atoms with Crippen molar-refractivity contribution < 1.29 is 18.8 Å². The third-order valence-electron chi connectivity index (χ3n) is 4.88. The summed E-state index contributed by atoms with van der Waals surface area (Å²) in [7, 11) is 1.86. The monoisotopic (exact) mass is 458 g/mol. The predicted molar refractivity (Wildman–Crippen MR) is 121 cm³/mol. The number of aromatic nitrogens is 2. The fourth-order valence-electron chi connectivity index (χ4n) is 3.17. The number of carbonyl (C=O) groups excluding carboxylic acids is 1. The molecule has 1 aliphatic heterocycles. The molecular weight excluding hydrogens is 431 g/mol. The summed E-state index contributed by atoms with van der Waals surface area (Å²) >= 11 is 0. The van der Waals surface area contributed by atoms with Gasteiger partial charge >= 0.3 is 6.09 Å². The van der Waals surface area contributed by atoms with Crippen molar-refractivity contribution in [1.82, 2.24) is 20.6 Å². The number of nitrogens with two attached hydrogens (primary N) is 1. The van der Waals surface area contributed by atoms with Crippen LogP contribution in [0.3, 0.4) is 0 Å². The second-order valence-corrected chi connectivity index (χ2v) is 7.25. The van der Waals surface area contributed by atoms with E-state index in [1.54, 1.807) is 24.5 Å². The molecule has 176 valence electrons. The molecule has 1 fully saturated rings. The number of nitrogens with zero attached hydrogens (tertiary/aromatic N) is 4. The molecule has 1 saturated heterocycles. The highest BCUT2D eigenvalue weighted by atomic mass is 19.1. The van der Waals surface area contributed by atoms with E-state index in [0.29, 0.717) is 23.7 Å². The van der Waals surface area contributed by atoms with E-state index in [0.717, 1.165) is 38.2 Å². The van der Waals surface area contributed by atoms with Crippen LogP contribution in [0.1, 0.15) is 18.4 Å². The minimum atomic E-state index is -0.931. The number of halogens is 1. The van der Waals surface area contributed by atoms with Crippen molar-refractivity contribution in [2.24, 2.45) is 10.9 Å². The van der Waals surface area contributed by atoms with Gasteiger partial charge in [-0.15, -0.1) is 0 Å². The minimum absolute atomic E-state index is 0.176. The van der Waals surface area contributed by atoms with Gasteiger partial charge in [-0.3, -0.25) is 10.7 Å². The standard InChI is InChI=1S/C21H27FN8O3/c1-25-7-10-33-29-16-5-8-30(9-6-16)20-26-11-15(12-27-20)17-4-2-3-14(18(17)22)13-32-21(31)28-19(23)24/h2-4,11-12,25H,5-10,13H2,1H3,(H4,23,24,28,31). The van der Waals surface area contributed by atoms with Crippen LogP contribution in [0.15, 0.2) is 35.7 Å². The van der Waals surface area contributed by atoms with E-state index in [9.17, 15) is 9.18 Å². The zero-order valence-electron chi connectivity index (χ0n) is 18.3. The van der Waals surface area contributed by atoms with Crippen molar-refractivity contribution in [2.45, 2.75) is 19.4 Å². The summed E-state index contributed by atoms with van der Waals surface area (Å²) in [6.07, 6.45) is 3.73. The number of guanidine groups is 1. The first kappa shape index (κ1) is 23.9. The number of oxime groups is 1. The summed E-state index contributed by atoms with van der Waals surface area (Å²) in [5, 5.41) is 16.1. The number of piperidine rings is 1. The summed E-state index contributed by atoms with van der Waals surface area (Å²) in [6, 6.07) is 4.76. The SMILES string of the molecule is CNCCON=C1CCN(c2ncc(-c3cccc(COC(=O)NC(=N)N)c3F)cn2)CC1. The highest BCUT2D eigenvalue weighted by Crippen LogP contribution is 2.25. The Bertz CT molecular complexity index is 990. The number of likely N-dealkylation sites (N-methyl/N-ethyl adjacent to an activating group) is 1. The average molecular weight is 458 g/mol. The van der Waals surface area contributed by atoms with Crippen LogP contribution < -0.4 is 21.3 Å². The number of ether oxygens (including phenoxy) is 1. The first-order valence-electron chi connectivity index (χ1n) is 10.4. The predicted octanol–water partition coefficient (Wildman–Crippen LogP) is 1.59. The van der Waals surface area contributed by atoms with Gasteiger partial charge in [-0.05, 0) is 7.05 Å². The van der Waals surface area contributed by atoms with Crippen molar-refractivity contribution in [3.05, 3.63) is 42.0 Å². The number of hydrogen-bond donors (Lipinski definition) is 4. The van der Waals surface area contributed by atoms with Gasteiger partial charge in [0.1, 0.15) is 19.0 Å². The van der Waals surface area contributed by atoms with Gasteiger partial charge in [0.25, 0.3) is 0 Å². The van der Waals surface area contributed by atoms with E-state index in [1.807, 2.05) is 17.3 Å². The van der Waals surface area contributed by atoms with E-state index in [4.69, 9.17) is 20.7 Å². The van der Waals surface area contributed by atoms with E-state index < -0.39 is 17.9 Å². The second-order valence-electron chi connectivity index (χ2n) is 7.25. The zero-order valence-corrected chi connectivity index (χ0v) is 18.3. The second kappa shape index (κ2) is 11.7. The Morgan fingerprint density at radius 1 is 1.30 bits per heavy atom. The molecule has 2 aromatic rings. The normalized spacial score (nSPS) is 13.4. The largest absolute Gasteiger partial charge is 0.444 e. The summed E-state index contributed by atoms with van der Waals surface area (Å²) in [5.41, 5.74) is 7.04. The quantitative estimate of drug-likeness (QED) is 0.202. The molecule has 3 rings (SSSR count). The lowest BCUT2D eigenvalue weighted by molar-refractivity contribution is 0.143. The number of nitrogens with one attached hydrogen (secondary N) is 3. The van der Waals surface area contributed by atoms with Crippen LogP contribution in [-0.4, -0.2) is 61.0 Å². The highest BCUT2D eigenvalue weighted by molar-refractivity contribution is 5.90. The molecule has 11 nitrogen and oxygen atoms in total. The first-order chi connectivity index (χ1) is 16.0. The Labute approximate surface area is 190 Å². The molecule has 0 radical (unpaired) electrons. The van der Waals surface area contributed by atoms with Gasteiger partial charge in [-0.25, -0.2) is 19.2 Å².